The topological polar surface area (TPSA) is 0 Å². The molecule has 0 saturated heterocycles. The third-order valence-electron chi connectivity index (χ3n) is 0.267. The van der Waals surface area contributed by atoms with E-state index in [1.165, 1.54) is 11.8 Å². The Hall–Kier alpha value is -0.493. The molecule has 0 saturated carbocycles. The molecule has 0 atom stereocenters. The molecule has 0 aromatic heterocycles. The molecule has 0 aliphatic carbocycles. The van der Waals surface area contributed by atoms with Crippen LogP contribution in [0.25, 0.3) is 0 Å². The normalized spacial score (nSPS) is 7.78. The first kappa shape index (κ1) is 11.3. The van der Waals surface area contributed by atoms with E-state index in [-0.39, 0.29) is 18.9 Å². The zero-order valence-corrected chi connectivity index (χ0v) is 4.63. The summed E-state index contributed by atoms with van der Waals surface area (Å²) in [6.07, 6.45) is 1.47. The Labute approximate surface area is 63.0 Å². The molecular formula is C5F3Li. The minimum Gasteiger partial charge on any atom is -0.358 e. The van der Waals surface area contributed by atoms with Crippen LogP contribution < -0.4 is 18.9 Å². The maximum atomic E-state index is 10.9. The molecule has 0 nitrogen and oxygen atoms in total. The van der Waals surface area contributed by atoms with E-state index >= 15 is 0 Å². The van der Waals surface area contributed by atoms with Crippen LogP contribution >= 0.6 is 0 Å². The van der Waals surface area contributed by atoms with E-state index in [2.05, 4.69) is 0 Å². The van der Waals surface area contributed by atoms with Crippen molar-refractivity contribution in [2.24, 2.45) is 0 Å². The number of hydrogen-bond acceptors (Lipinski definition) is 0. The molecule has 42 valence electrons. The number of halogens is 3. The average Bonchev–Trinajstić information content (AvgIpc) is 1.59. The standard InChI is InChI=1S/C5F3.Li/c1-2-3-4-5(6,7)8;/q-1;+1. The summed E-state index contributed by atoms with van der Waals surface area (Å²) in [4.78, 5) is 0. The quantitative estimate of drug-likeness (QED) is 0.202. The summed E-state index contributed by atoms with van der Waals surface area (Å²) in [5, 5.41) is 0. The second-order valence-electron chi connectivity index (χ2n) is 0.873. The van der Waals surface area contributed by atoms with E-state index in [1.807, 2.05) is 0 Å². The predicted octanol–water partition coefficient (Wildman–Crippen LogP) is -1.85. The van der Waals surface area contributed by atoms with Crippen molar-refractivity contribution >= 4 is 0 Å². The molecule has 0 aromatic rings. The van der Waals surface area contributed by atoms with Gasteiger partial charge in [-0.15, -0.1) is 0 Å². The Morgan fingerprint density at radius 2 is 1.67 bits per heavy atom. The molecule has 0 aliphatic rings. The Bertz CT molecular complexity index is 163. The monoisotopic (exact) mass is 124 g/mol. The molecule has 0 bridgehead atoms. The number of hydrogen-bond donors (Lipinski definition) is 0. The summed E-state index contributed by atoms with van der Waals surface area (Å²) >= 11 is 0. The SMILES string of the molecule is [C-]#CC#CC(F)(F)F.[Li+]. The summed E-state index contributed by atoms with van der Waals surface area (Å²) in [6.45, 7) is 0. The van der Waals surface area contributed by atoms with Gasteiger partial charge >= 0.3 is 25.0 Å². The Kier molecular flexibility index (Phi) is 5.53. The van der Waals surface area contributed by atoms with Crippen LogP contribution in [0.2, 0.25) is 0 Å². The molecule has 0 fully saturated rings. The fraction of sp³-hybridized carbons (Fsp3) is 0.200. The van der Waals surface area contributed by atoms with Gasteiger partial charge in [0.25, 0.3) is 0 Å². The van der Waals surface area contributed by atoms with Crippen molar-refractivity contribution in [3.63, 3.8) is 0 Å². The van der Waals surface area contributed by atoms with Gasteiger partial charge in [0.15, 0.2) is 0 Å². The van der Waals surface area contributed by atoms with Gasteiger partial charge in [-0.05, 0) is 0 Å². The first-order valence-electron chi connectivity index (χ1n) is 1.57. The van der Waals surface area contributed by atoms with Gasteiger partial charge in [-0.1, -0.05) is 5.92 Å². The van der Waals surface area contributed by atoms with E-state index in [4.69, 9.17) is 6.42 Å². The summed E-state index contributed by atoms with van der Waals surface area (Å²) in [7, 11) is 0. The molecular weight excluding hydrogens is 124 g/mol. The van der Waals surface area contributed by atoms with Crippen LogP contribution in [0.1, 0.15) is 0 Å². The van der Waals surface area contributed by atoms with Crippen LogP contribution in [0.4, 0.5) is 13.2 Å². The maximum Gasteiger partial charge on any atom is 1.00 e. The molecule has 0 heterocycles. The summed E-state index contributed by atoms with van der Waals surface area (Å²) < 4.78 is 32.8. The molecule has 0 unspecified atom stereocenters. The molecule has 0 aliphatic heterocycles. The first-order valence-corrected chi connectivity index (χ1v) is 1.57. The van der Waals surface area contributed by atoms with Crippen molar-refractivity contribution in [2.75, 3.05) is 0 Å². The molecule has 0 spiro atoms. The van der Waals surface area contributed by atoms with Crippen molar-refractivity contribution < 1.29 is 32.0 Å². The maximum absolute atomic E-state index is 10.9. The van der Waals surface area contributed by atoms with Crippen molar-refractivity contribution in [3.05, 3.63) is 6.42 Å². The minimum absolute atomic E-state index is 0. The fourth-order valence-corrected chi connectivity index (χ4v) is 0.102. The molecule has 9 heavy (non-hydrogen) atoms. The van der Waals surface area contributed by atoms with Crippen LogP contribution in [0.15, 0.2) is 0 Å². The molecule has 0 rings (SSSR count). The largest absolute Gasteiger partial charge is 1.00 e. The van der Waals surface area contributed by atoms with Gasteiger partial charge in [-0.2, -0.15) is 13.2 Å². The molecule has 0 radical (unpaired) electrons. The molecule has 4 heteroatoms. The number of alkyl halides is 3. The second-order valence-corrected chi connectivity index (χ2v) is 0.873. The van der Waals surface area contributed by atoms with E-state index in [1.54, 1.807) is 0 Å². The fourth-order valence-electron chi connectivity index (χ4n) is 0.102. The van der Waals surface area contributed by atoms with Gasteiger partial charge < -0.3 is 6.42 Å². The van der Waals surface area contributed by atoms with Crippen molar-refractivity contribution in [3.8, 4) is 17.8 Å². The van der Waals surface area contributed by atoms with Gasteiger partial charge in [0, 0.05) is 0 Å². The van der Waals surface area contributed by atoms with Gasteiger partial charge in [0.2, 0.25) is 0 Å². The average molecular weight is 124 g/mol. The predicted molar refractivity (Wildman–Crippen MR) is 21.0 cm³/mol. The third kappa shape index (κ3) is 11.2. The van der Waals surface area contributed by atoms with Gasteiger partial charge in [-0.3, -0.25) is 5.92 Å². The smallest absolute Gasteiger partial charge is 0.358 e. The summed E-state index contributed by atoms with van der Waals surface area (Å²) in [5.41, 5.74) is 0. The van der Waals surface area contributed by atoms with Gasteiger partial charge in [-0.25, -0.2) is 5.92 Å². The zero-order chi connectivity index (χ0) is 6.62. The van der Waals surface area contributed by atoms with Crippen LogP contribution in [-0.2, 0) is 0 Å². The van der Waals surface area contributed by atoms with E-state index in [9.17, 15) is 13.2 Å². The van der Waals surface area contributed by atoms with Crippen molar-refractivity contribution in [1.82, 2.24) is 0 Å². The summed E-state index contributed by atoms with van der Waals surface area (Å²) in [6, 6.07) is 0. The van der Waals surface area contributed by atoms with Crippen molar-refractivity contribution in [1.29, 1.82) is 0 Å². The van der Waals surface area contributed by atoms with E-state index in [0.717, 1.165) is 5.92 Å². The number of rotatable bonds is 0. The van der Waals surface area contributed by atoms with Crippen LogP contribution in [-0.4, -0.2) is 6.18 Å². The van der Waals surface area contributed by atoms with E-state index in [0.29, 0.717) is 0 Å². The van der Waals surface area contributed by atoms with Crippen LogP contribution in [0.3, 0.4) is 0 Å². The third-order valence-corrected chi connectivity index (χ3v) is 0.267. The van der Waals surface area contributed by atoms with Crippen LogP contribution in [0.5, 0.6) is 0 Å². The molecule has 0 N–H and O–H groups in total. The molecule has 0 amide bonds. The second kappa shape index (κ2) is 4.39. The summed E-state index contributed by atoms with van der Waals surface area (Å²) in [5.74, 6) is 3.45. The first-order chi connectivity index (χ1) is 3.56. The Morgan fingerprint density at radius 1 is 1.22 bits per heavy atom. The molecule has 0 aromatic carbocycles. The van der Waals surface area contributed by atoms with Crippen LogP contribution in [0, 0.1) is 24.2 Å². The zero-order valence-electron chi connectivity index (χ0n) is 4.63. The Balaban J connectivity index is 0. The van der Waals surface area contributed by atoms with Crippen molar-refractivity contribution in [2.45, 2.75) is 6.18 Å². The van der Waals surface area contributed by atoms with Gasteiger partial charge in [0.1, 0.15) is 0 Å². The Morgan fingerprint density at radius 3 is 1.78 bits per heavy atom. The van der Waals surface area contributed by atoms with Gasteiger partial charge in [0.05, 0.1) is 0 Å². The van der Waals surface area contributed by atoms with E-state index < -0.39 is 6.18 Å². The minimum atomic E-state index is -4.49.